The molecule has 2 aromatic rings. The van der Waals surface area contributed by atoms with Crippen LogP contribution >= 0.6 is 12.4 Å². The summed E-state index contributed by atoms with van der Waals surface area (Å²) in [7, 11) is 1.84. The quantitative estimate of drug-likeness (QED) is 0.769. The molecule has 0 fully saturated rings. The molecule has 0 aliphatic heterocycles. The number of hydrogen-bond donors (Lipinski definition) is 2. The van der Waals surface area contributed by atoms with Crippen LogP contribution in [-0.4, -0.2) is 38.0 Å². The van der Waals surface area contributed by atoms with Gasteiger partial charge >= 0.3 is 0 Å². The molecule has 0 bridgehead atoms. The number of aliphatic hydroxyl groups is 1. The van der Waals surface area contributed by atoms with E-state index >= 15 is 0 Å². The van der Waals surface area contributed by atoms with Gasteiger partial charge in [0.25, 0.3) is 0 Å². The van der Waals surface area contributed by atoms with Gasteiger partial charge in [-0.2, -0.15) is 5.10 Å². The third-order valence-electron chi connectivity index (χ3n) is 2.16. The first-order valence-electron chi connectivity index (χ1n) is 4.80. The first-order valence-corrected chi connectivity index (χ1v) is 4.80. The molecule has 16 heavy (non-hydrogen) atoms. The summed E-state index contributed by atoms with van der Waals surface area (Å²) in [5, 5.41) is 16.8. The second-order valence-corrected chi connectivity index (χ2v) is 3.23. The molecule has 7 heteroatoms. The van der Waals surface area contributed by atoms with Crippen LogP contribution in [0.15, 0.2) is 12.5 Å². The summed E-state index contributed by atoms with van der Waals surface area (Å²) >= 11 is 0. The minimum atomic E-state index is 0. The number of hydrogen-bond acceptors (Lipinski definition) is 5. The highest BCUT2D eigenvalue weighted by atomic mass is 35.5. The highest BCUT2D eigenvalue weighted by Crippen LogP contribution is 2.17. The zero-order chi connectivity index (χ0) is 10.7. The Labute approximate surface area is 99.1 Å². The fourth-order valence-electron chi connectivity index (χ4n) is 1.39. The zero-order valence-corrected chi connectivity index (χ0v) is 9.74. The molecule has 2 aromatic heterocycles. The number of aliphatic hydroxyl groups excluding tert-OH is 1. The molecular weight excluding hydrogens is 230 g/mol. The lowest BCUT2D eigenvalue weighted by Gasteiger charge is -2.04. The number of halogens is 1. The second kappa shape index (κ2) is 5.62. The third kappa shape index (κ3) is 2.40. The third-order valence-corrected chi connectivity index (χ3v) is 2.16. The molecule has 0 amide bonds. The smallest absolute Gasteiger partial charge is 0.163 e. The molecule has 0 aliphatic rings. The number of rotatable bonds is 4. The fourth-order valence-corrected chi connectivity index (χ4v) is 1.39. The Kier molecular flexibility index (Phi) is 4.45. The van der Waals surface area contributed by atoms with Gasteiger partial charge in [-0.1, -0.05) is 0 Å². The highest BCUT2D eigenvalue weighted by molar-refractivity contribution is 5.86. The van der Waals surface area contributed by atoms with E-state index in [4.69, 9.17) is 5.11 Å². The number of aryl methyl sites for hydroxylation is 1. The van der Waals surface area contributed by atoms with E-state index in [1.54, 1.807) is 10.9 Å². The van der Waals surface area contributed by atoms with Gasteiger partial charge < -0.3 is 10.4 Å². The van der Waals surface area contributed by atoms with Gasteiger partial charge in [-0.15, -0.1) is 12.4 Å². The average Bonchev–Trinajstić information content (AvgIpc) is 2.62. The van der Waals surface area contributed by atoms with Gasteiger partial charge in [0.1, 0.15) is 12.1 Å². The number of anilines is 1. The van der Waals surface area contributed by atoms with Crippen LogP contribution in [0.1, 0.15) is 6.42 Å². The van der Waals surface area contributed by atoms with Crippen LogP contribution < -0.4 is 5.32 Å². The normalized spacial score (nSPS) is 10.1. The Bertz CT molecular complexity index is 458. The van der Waals surface area contributed by atoms with Crippen molar-refractivity contribution in [2.75, 3.05) is 18.5 Å². The van der Waals surface area contributed by atoms with Crippen LogP contribution in [0.3, 0.4) is 0 Å². The average molecular weight is 244 g/mol. The van der Waals surface area contributed by atoms with E-state index in [0.29, 0.717) is 13.0 Å². The van der Waals surface area contributed by atoms with Crippen molar-refractivity contribution in [1.29, 1.82) is 0 Å². The van der Waals surface area contributed by atoms with Crippen LogP contribution in [-0.2, 0) is 7.05 Å². The largest absolute Gasteiger partial charge is 0.396 e. The van der Waals surface area contributed by atoms with E-state index < -0.39 is 0 Å². The van der Waals surface area contributed by atoms with Crippen molar-refractivity contribution in [3.05, 3.63) is 12.5 Å². The lowest BCUT2D eigenvalue weighted by Crippen LogP contribution is -2.05. The van der Waals surface area contributed by atoms with Crippen molar-refractivity contribution >= 4 is 29.3 Å². The number of aromatic nitrogens is 4. The topological polar surface area (TPSA) is 75.9 Å². The molecule has 88 valence electrons. The van der Waals surface area contributed by atoms with Crippen molar-refractivity contribution < 1.29 is 5.11 Å². The monoisotopic (exact) mass is 243 g/mol. The zero-order valence-electron chi connectivity index (χ0n) is 8.92. The molecule has 0 unspecified atom stereocenters. The predicted molar refractivity (Wildman–Crippen MR) is 63.7 cm³/mol. The van der Waals surface area contributed by atoms with Crippen LogP contribution in [0.2, 0.25) is 0 Å². The molecule has 0 spiro atoms. The SMILES string of the molecule is Cl.Cn1ncc2c(NCCCO)ncnc21. The first-order chi connectivity index (χ1) is 7.33. The van der Waals surface area contributed by atoms with Crippen molar-refractivity contribution in [2.24, 2.45) is 7.05 Å². The summed E-state index contributed by atoms with van der Waals surface area (Å²) in [6.45, 7) is 0.867. The van der Waals surface area contributed by atoms with Crippen molar-refractivity contribution in [3.63, 3.8) is 0 Å². The molecule has 2 heterocycles. The van der Waals surface area contributed by atoms with Crippen LogP contribution in [0.4, 0.5) is 5.82 Å². The molecule has 0 atom stereocenters. The molecular formula is C9H14ClN5O. The van der Waals surface area contributed by atoms with Crippen LogP contribution in [0.5, 0.6) is 0 Å². The van der Waals surface area contributed by atoms with Crippen LogP contribution in [0.25, 0.3) is 11.0 Å². The van der Waals surface area contributed by atoms with E-state index in [1.165, 1.54) is 6.33 Å². The van der Waals surface area contributed by atoms with E-state index in [9.17, 15) is 0 Å². The molecule has 2 rings (SSSR count). The molecule has 0 saturated carbocycles. The molecule has 0 aromatic carbocycles. The van der Waals surface area contributed by atoms with Crippen molar-refractivity contribution in [1.82, 2.24) is 19.7 Å². The Morgan fingerprint density at radius 2 is 2.25 bits per heavy atom. The van der Waals surface area contributed by atoms with E-state index in [-0.39, 0.29) is 19.0 Å². The standard InChI is InChI=1S/C9H13N5O.ClH/c1-14-9-7(5-13-14)8(11-6-12-9)10-3-2-4-15;/h5-6,15H,2-4H2,1H3,(H,10,11,12);1H. The number of nitrogens with one attached hydrogen (secondary N) is 1. The van der Waals surface area contributed by atoms with E-state index in [1.807, 2.05) is 7.05 Å². The number of fused-ring (bicyclic) bond motifs is 1. The van der Waals surface area contributed by atoms with Crippen molar-refractivity contribution in [3.8, 4) is 0 Å². The van der Waals surface area contributed by atoms with Gasteiger partial charge in [-0.05, 0) is 6.42 Å². The van der Waals surface area contributed by atoms with Gasteiger partial charge in [-0.25, -0.2) is 9.97 Å². The summed E-state index contributed by atoms with van der Waals surface area (Å²) in [6.07, 6.45) is 3.94. The molecule has 0 saturated heterocycles. The Balaban J connectivity index is 0.00000128. The summed E-state index contributed by atoms with van der Waals surface area (Å²) in [6, 6.07) is 0. The van der Waals surface area contributed by atoms with E-state index in [0.717, 1.165) is 16.9 Å². The van der Waals surface area contributed by atoms with Gasteiger partial charge in [0.05, 0.1) is 11.6 Å². The molecule has 6 nitrogen and oxygen atoms in total. The predicted octanol–water partition coefficient (Wildman–Crippen LogP) is 0.579. The summed E-state index contributed by atoms with van der Waals surface area (Å²) in [5.74, 6) is 0.765. The lowest BCUT2D eigenvalue weighted by atomic mass is 10.3. The highest BCUT2D eigenvalue weighted by Gasteiger charge is 2.06. The molecule has 0 radical (unpaired) electrons. The fraction of sp³-hybridized carbons (Fsp3) is 0.444. The minimum absolute atomic E-state index is 0. The minimum Gasteiger partial charge on any atom is -0.396 e. The Morgan fingerprint density at radius 3 is 3.00 bits per heavy atom. The number of nitrogens with zero attached hydrogens (tertiary/aromatic N) is 4. The Morgan fingerprint density at radius 1 is 1.44 bits per heavy atom. The first kappa shape index (κ1) is 12.7. The van der Waals surface area contributed by atoms with E-state index in [2.05, 4.69) is 20.4 Å². The van der Waals surface area contributed by atoms with Gasteiger partial charge in [0.15, 0.2) is 5.65 Å². The Hall–Kier alpha value is -1.40. The van der Waals surface area contributed by atoms with Gasteiger partial charge in [0, 0.05) is 20.2 Å². The maximum atomic E-state index is 8.67. The lowest BCUT2D eigenvalue weighted by molar-refractivity contribution is 0.292. The van der Waals surface area contributed by atoms with Crippen LogP contribution in [0, 0.1) is 0 Å². The summed E-state index contributed by atoms with van der Waals surface area (Å²) in [4.78, 5) is 8.26. The van der Waals surface area contributed by atoms with Gasteiger partial charge in [-0.3, -0.25) is 4.68 Å². The maximum absolute atomic E-state index is 8.67. The van der Waals surface area contributed by atoms with Gasteiger partial charge in [0.2, 0.25) is 0 Å². The van der Waals surface area contributed by atoms with Crippen molar-refractivity contribution in [2.45, 2.75) is 6.42 Å². The summed E-state index contributed by atoms with van der Waals surface area (Å²) < 4.78 is 1.70. The summed E-state index contributed by atoms with van der Waals surface area (Å²) in [5.41, 5.74) is 0.802. The second-order valence-electron chi connectivity index (χ2n) is 3.23. The maximum Gasteiger partial charge on any atom is 0.163 e. The molecule has 2 N–H and O–H groups in total. The molecule has 0 aliphatic carbocycles.